The molecule has 0 unspecified atom stereocenters. The van der Waals surface area contributed by atoms with Gasteiger partial charge in [0.05, 0.1) is 40.2 Å². The quantitative estimate of drug-likeness (QED) is 0.140. The molecule has 0 spiro atoms. The van der Waals surface area contributed by atoms with E-state index >= 15 is 0 Å². The molecule has 1 aromatic heterocycles. The topological polar surface area (TPSA) is 140 Å². The third-order valence-corrected chi connectivity index (χ3v) is 9.48. The summed E-state index contributed by atoms with van der Waals surface area (Å²) in [4.78, 5) is 43.1. The highest BCUT2D eigenvalue weighted by Crippen LogP contribution is 2.50. The average Bonchev–Trinajstić information content (AvgIpc) is 3.36. The number of aryl methyl sites for hydroxylation is 1. The van der Waals surface area contributed by atoms with E-state index in [1.807, 2.05) is 42.8 Å². The maximum atomic E-state index is 13.9. The van der Waals surface area contributed by atoms with E-state index in [0.29, 0.717) is 60.8 Å². The number of thioether (sulfide) groups is 1. The lowest BCUT2D eigenvalue weighted by atomic mass is 9.95. The van der Waals surface area contributed by atoms with Crippen LogP contribution in [0.5, 0.6) is 23.0 Å². The number of methoxy groups -OCH3 is 4. The zero-order valence-corrected chi connectivity index (χ0v) is 29.6. The second kappa shape index (κ2) is 16.0. The number of amides is 2. The van der Waals surface area contributed by atoms with Crippen LogP contribution in [0.15, 0.2) is 53.5 Å². The van der Waals surface area contributed by atoms with Crippen LogP contribution < -0.4 is 40.3 Å². The van der Waals surface area contributed by atoms with E-state index in [9.17, 15) is 14.4 Å². The van der Waals surface area contributed by atoms with Crippen LogP contribution >= 0.6 is 11.8 Å². The Morgan fingerprint density at radius 2 is 1.80 bits per heavy atom. The number of hydrogen-bond donors (Lipinski definition) is 4. The molecule has 2 atom stereocenters. The number of anilines is 1. The number of carbonyl (C=O) groups excluding carboxylic acids is 2. The Hall–Kier alpha value is -4.84. The molecule has 2 amide bonds. The maximum Gasteiger partial charge on any atom is 0.242 e. The van der Waals surface area contributed by atoms with Gasteiger partial charge in [-0.1, -0.05) is 6.07 Å². The number of aromatic amines is 1. The fourth-order valence-electron chi connectivity index (χ4n) is 6.45. The first-order chi connectivity index (χ1) is 23.7. The van der Waals surface area contributed by atoms with E-state index in [1.165, 1.54) is 6.92 Å². The van der Waals surface area contributed by atoms with Gasteiger partial charge in [0.15, 0.2) is 11.5 Å². The summed E-state index contributed by atoms with van der Waals surface area (Å²) in [5, 5.41) is 10.4. The summed E-state index contributed by atoms with van der Waals surface area (Å²) in [6.07, 6.45) is 6.20. The molecule has 4 aromatic rings. The molecular formula is C37H44N4O7S. The smallest absolute Gasteiger partial charge is 0.242 e. The van der Waals surface area contributed by atoms with Crippen molar-refractivity contribution in [1.82, 2.24) is 15.6 Å². The first kappa shape index (κ1) is 35.5. The molecule has 12 heteroatoms. The number of benzene rings is 2. The van der Waals surface area contributed by atoms with Gasteiger partial charge in [0.2, 0.25) is 23.0 Å². The van der Waals surface area contributed by atoms with Gasteiger partial charge in [0.1, 0.15) is 11.8 Å². The summed E-state index contributed by atoms with van der Waals surface area (Å²) in [5.74, 6) is 2.51. The molecule has 3 aromatic carbocycles. The van der Waals surface area contributed by atoms with Crippen LogP contribution in [0.4, 0.5) is 5.69 Å². The lowest BCUT2D eigenvalue weighted by molar-refractivity contribution is -0.122. The molecule has 5 rings (SSSR count). The lowest BCUT2D eigenvalue weighted by Crippen LogP contribution is -2.41. The zero-order chi connectivity index (χ0) is 35.1. The Morgan fingerprint density at radius 1 is 1.00 bits per heavy atom. The lowest BCUT2D eigenvalue weighted by Gasteiger charge is -2.19. The number of carbonyl (C=O) groups is 2. The first-order valence-electron chi connectivity index (χ1n) is 16.2. The summed E-state index contributed by atoms with van der Waals surface area (Å²) < 4.78 is 22.6. The SMILES string of the molecule is COc1ccc2[nH]cc(CCNC(=O)[C@H](CCSC)Nc3ccc4c(cc3=O)[C@@H](NC(C)=O)CCc3cc(OC)c(OC)c(OC)c3-4)c2c1. The van der Waals surface area contributed by atoms with Crippen molar-refractivity contribution < 1.29 is 28.5 Å². The van der Waals surface area contributed by atoms with E-state index in [0.717, 1.165) is 38.9 Å². The predicted molar refractivity (Wildman–Crippen MR) is 195 cm³/mol. The second-order valence-electron chi connectivity index (χ2n) is 11.8. The molecule has 0 aliphatic heterocycles. The van der Waals surface area contributed by atoms with Gasteiger partial charge in [0, 0.05) is 36.1 Å². The van der Waals surface area contributed by atoms with Crippen molar-refractivity contribution in [3.05, 3.63) is 75.6 Å². The van der Waals surface area contributed by atoms with E-state index in [4.69, 9.17) is 18.9 Å². The number of rotatable bonds is 14. The standard InChI is InChI=1S/C37H44N4O7S/c1-21(42)40-29-10-7-22-17-33(46-3)35(47-4)36(48-5)34(22)25-9-12-30(32(43)19-27(25)29)41-31(14-16-49-6)37(44)38-15-13-23-20-39-28-11-8-24(45-2)18-26(23)28/h8-9,11-12,17-20,29,31,39H,7,10,13-16H2,1-6H3,(H,38,44)(H,40,42)(H,41,43)/t29-,31-/m0/s1. The molecule has 0 radical (unpaired) electrons. The zero-order valence-electron chi connectivity index (χ0n) is 28.8. The highest BCUT2D eigenvalue weighted by Gasteiger charge is 2.30. The molecule has 260 valence electrons. The molecule has 1 heterocycles. The highest BCUT2D eigenvalue weighted by atomic mass is 32.2. The van der Waals surface area contributed by atoms with Gasteiger partial charge in [-0.15, -0.1) is 0 Å². The van der Waals surface area contributed by atoms with Crippen LogP contribution in [0.2, 0.25) is 0 Å². The van der Waals surface area contributed by atoms with Crippen molar-refractivity contribution >= 4 is 40.2 Å². The Labute approximate surface area is 290 Å². The number of fused-ring (bicyclic) bond motifs is 4. The summed E-state index contributed by atoms with van der Waals surface area (Å²) in [7, 11) is 6.31. The van der Waals surface area contributed by atoms with Crippen molar-refractivity contribution in [2.24, 2.45) is 0 Å². The number of aromatic nitrogens is 1. The normalized spacial score (nSPS) is 14.1. The Kier molecular flexibility index (Phi) is 11.6. The van der Waals surface area contributed by atoms with Crippen molar-refractivity contribution in [3.63, 3.8) is 0 Å². The molecular weight excluding hydrogens is 644 g/mol. The van der Waals surface area contributed by atoms with Crippen molar-refractivity contribution in [1.29, 1.82) is 0 Å². The van der Waals surface area contributed by atoms with Gasteiger partial charge in [-0.05, 0) is 96.3 Å². The molecule has 0 saturated carbocycles. The van der Waals surface area contributed by atoms with Gasteiger partial charge in [-0.25, -0.2) is 0 Å². The van der Waals surface area contributed by atoms with Crippen molar-refractivity contribution in [3.8, 4) is 34.1 Å². The van der Waals surface area contributed by atoms with E-state index in [-0.39, 0.29) is 22.9 Å². The third kappa shape index (κ3) is 7.75. The minimum atomic E-state index is -0.650. The molecule has 1 aliphatic carbocycles. The fourth-order valence-corrected chi connectivity index (χ4v) is 6.93. The largest absolute Gasteiger partial charge is 0.497 e. The van der Waals surface area contributed by atoms with Crippen LogP contribution in [0.25, 0.3) is 22.0 Å². The predicted octanol–water partition coefficient (Wildman–Crippen LogP) is 5.25. The number of nitrogens with one attached hydrogen (secondary N) is 4. The molecule has 1 aliphatic rings. The number of ether oxygens (including phenoxy) is 4. The Morgan fingerprint density at radius 3 is 2.49 bits per heavy atom. The van der Waals surface area contributed by atoms with Gasteiger partial charge < -0.3 is 39.9 Å². The van der Waals surface area contributed by atoms with E-state index in [2.05, 4.69) is 20.9 Å². The van der Waals surface area contributed by atoms with Crippen LogP contribution in [0.1, 0.15) is 42.5 Å². The van der Waals surface area contributed by atoms with Crippen LogP contribution in [-0.4, -0.2) is 69.8 Å². The molecule has 0 fully saturated rings. The first-order valence-corrected chi connectivity index (χ1v) is 17.6. The maximum absolute atomic E-state index is 13.9. The Balaban J connectivity index is 1.47. The van der Waals surface area contributed by atoms with E-state index < -0.39 is 12.1 Å². The van der Waals surface area contributed by atoms with Crippen molar-refractivity contribution in [2.75, 3.05) is 52.3 Å². The third-order valence-electron chi connectivity index (χ3n) is 8.84. The van der Waals surface area contributed by atoms with Crippen LogP contribution in [0, 0.1) is 0 Å². The monoisotopic (exact) mass is 688 g/mol. The number of hydrogen-bond acceptors (Lipinski definition) is 9. The van der Waals surface area contributed by atoms with E-state index in [1.54, 1.807) is 52.3 Å². The summed E-state index contributed by atoms with van der Waals surface area (Å²) >= 11 is 1.63. The molecule has 49 heavy (non-hydrogen) atoms. The van der Waals surface area contributed by atoms with Gasteiger partial charge >= 0.3 is 0 Å². The molecule has 0 saturated heterocycles. The summed E-state index contributed by atoms with van der Waals surface area (Å²) in [6.45, 7) is 1.88. The minimum absolute atomic E-state index is 0.195. The summed E-state index contributed by atoms with van der Waals surface area (Å²) in [6, 6.07) is 11.8. The van der Waals surface area contributed by atoms with Crippen LogP contribution in [-0.2, 0) is 22.4 Å². The van der Waals surface area contributed by atoms with Gasteiger partial charge in [-0.3, -0.25) is 14.4 Å². The average molecular weight is 689 g/mol. The van der Waals surface area contributed by atoms with Gasteiger partial charge in [-0.2, -0.15) is 11.8 Å². The number of H-pyrrole nitrogens is 1. The highest BCUT2D eigenvalue weighted by molar-refractivity contribution is 7.98. The van der Waals surface area contributed by atoms with Gasteiger partial charge in [0.25, 0.3) is 0 Å². The fraction of sp³-hybridized carbons (Fsp3) is 0.378. The molecule has 11 nitrogen and oxygen atoms in total. The van der Waals surface area contributed by atoms with Crippen molar-refractivity contribution in [2.45, 2.75) is 44.7 Å². The van der Waals surface area contributed by atoms with Crippen LogP contribution in [0.3, 0.4) is 0 Å². The second-order valence-corrected chi connectivity index (χ2v) is 12.8. The Bertz CT molecular complexity index is 1890. The summed E-state index contributed by atoms with van der Waals surface area (Å²) in [5.41, 5.74) is 5.11. The molecule has 0 bridgehead atoms. The molecule has 4 N–H and O–H groups in total. The minimum Gasteiger partial charge on any atom is -0.497 e.